The van der Waals surface area contributed by atoms with Crippen molar-refractivity contribution in [1.82, 2.24) is 24.5 Å². The summed E-state index contributed by atoms with van der Waals surface area (Å²) in [5.74, 6) is 0.692. The maximum absolute atomic E-state index is 13.1. The van der Waals surface area contributed by atoms with Crippen molar-refractivity contribution >= 4 is 10.0 Å². The van der Waals surface area contributed by atoms with Crippen LogP contribution in [0.1, 0.15) is 31.0 Å². The number of nitrogens with zero attached hydrogens (tertiary/aromatic N) is 4. The normalized spacial score (nSPS) is 22.2. The number of halogens is 1. The Balaban J connectivity index is 1.54. The fraction of sp³-hybridized carbons (Fsp3) is 0.350. The summed E-state index contributed by atoms with van der Waals surface area (Å²) in [6.45, 7) is 0. The second-order valence-corrected chi connectivity index (χ2v) is 9.13. The molecular formula is C20H22FN5O3S. The number of benzene rings is 1. The zero-order chi connectivity index (χ0) is 21.3. The molecule has 10 heteroatoms. The largest absolute Gasteiger partial charge is 0.391 e. The zero-order valence-electron chi connectivity index (χ0n) is 16.3. The van der Waals surface area contributed by atoms with Crippen LogP contribution in [-0.4, -0.2) is 45.4 Å². The van der Waals surface area contributed by atoms with Crippen LogP contribution in [0.25, 0.3) is 11.4 Å². The van der Waals surface area contributed by atoms with Crippen LogP contribution in [0.4, 0.5) is 4.39 Å². The Hall–Kier alpha value is -2.69. The van der Waals surface area contributed by atoms with E-state index in [1.807, 2.05) is 12.1 Å². The van der Waals surface area contributed by atoms with Crippen molar-refractivity contribution in [3.63, 3.8) is 0 Å². The first-order chi connectivity index (χ1) is 14.3. The lowest BCUT2D eigenvalue weighted by Crippen LogP contribution is -2.46. The molecule has 0 amide bonds. The summed E-state index contributed by atoms with van der Waals surface area (Å²) in [5, 5.41) is 14.9. The van der Waals surface area contributed by atoms with Crippen LogP contribution in [-0.2, 0) is 17.1 Å². The molecule has 1 aromatic carbocycles. The Kier molecular flexibility index (Phi) is 5.63. The number of hydrogen-bond donors (Lipinski definition) is 2. The second-order valence-electron chi connectivity index (χ2n) is 7.42. The van der Waals surface area contributed by atoms with Gasteiger partial charge in [0.05, 0.1) is 11.0 Å². The number of sulfonamides is 1. The third-order valence-corrected chi connectivity index (χ3v) is 6.83. The number of rotatable bonds is 5. The van der Waals surface area contributed by atoms with E-state index in [0.29, 0.717) is 25.1 Å². The number of hydrogen-bond acceptors (Lipinski definition) is 6. The minimum absolute atomic E-state index is 0.0456. The lowest BCUT2D eigenvalue weighted by Gasteiger charge is -2.33. The lowest BCUT2D eigenvalue weighted by molar-refractivity contribution is 0.0916. The van der Waals surface area contributed by atoms with Gasteiger partial charge in [0.25, 0.3) is 0 Å². The van der Waals surface area contributed by atoms with E-state index in [0.717, 1.165) is 23.5 Å². The van der Waals surface area contributed by atoms with Crippen LogP contribution in [0, 0.1) is 5.82 Å². The van der Waals surface area contributed by atoms with Crippen LogP contribution in [0.3, 0.4) is 0 Å². The third kappa shape index (κ3) is 4.25. The van der Waals surface area contributed by atoms with Gasteiger partial charge in [0.1, 0.15) is 11.6 Å². The van der Waals surface area contributed by atoms with Gasteiger partial charge < -0.3 is 5.11 Å². The minimum Gasteiger partial charge on any atom is -0.391 e. The summed E-state index contributed by atoms with van der Waals surface area (Å²) >= 11 is 0. The standard InChI is InChI=1S/C20H22FN5O3S/c1-26-20(23-19(24-26)14-3-2-10-22-12-14)13-4-9-18(27)17(11-13)25-30(28,29)16-7-5-15(21)6-8-16/h2-3,5-8,10,12-13,17-18,25,27H,4,9,11H2,1H3/t13-,17+,18+/m0/s1. The van der Waals surface area contributed by atoms with E-state index in [2.05, 4.69) is 19.8 Å². The van der Waals surface area contributed by atoms with Crippen LogP contribution >= 0.6 is 0 Å². The molecule has 1 fully saturated rings. The minimum atomic E-state index is -3.89. The van der Waals surface area contributed by atoms with Gasteiger partial charge in [0, 0.05) is 37.0 Å². The van der Waals surface area contributed by atoms with E-state index in [1.54, 1.807) is 24.1 Å². The molecule has 0 bridgehead atoms. The maximum atomic E-state index is 13.1. The van der Waals surface area contributed by atoms with Gasteiger partial charge in [-0.05, 0) is 55.7 Å². The van der Waals surface area contributed by atoms with E-state index in [9.17, 15) is 17.9 Å². The van der Waals surface area contributed by atoms with Crippen LogP contribution in [0.2, 0.25) is 0 Å². The molecule has 158 valence electrons. The van der Waals surface area contributed by atoms with Gasteiger partial charge in [-0.25, -0.2) is 22.5 Å². The molecule has 8 nitrogen and oxygen atoms in total. The number of pyridine rings is 1. The highest BCUT2D eigenvalue weighted by atomic mass is 32.2. The summed E-state index contributed by atoms with van der Waals surface area (Å²) in [4.78, 5) is 8.68. The second kappa shape index (κ2) is 8.21. The molecule has 1 saturated carbocycles. The highest BCUT2D eigenvalue weighted by Crippen LogP contribution is 2.33. The summed E-state index contributed by atoms with van der Waals surface area (Å²) in [7, 11) is -2.09. The summed E-state index contributed by atoms with van der Waals surface area (Å²) in [6.07, 6.45) is 4.01. The van der Waals surface area contributed by atoms with E-state index < -0.39 is 28.0 Å². The van der Waals surface area contributed by atoms with E-state index in [4.69, 9.17) is 0 Å². The van der Waals surface area contributed by atoms with Crippen molar-refractivity contribution in [3.8, 4) is 11.4 Å². The van der Waals surface area contributed by atoms with E-state index in [1.165, 1.54) is 12.1 Å². The Morgan fingerprint density at radius 2 is 1.97 bits per heavy atom. The molecule has 1 aliphatic carbocycles. The van der Waals surface area contributed by atoms with Crippen molar-refractivity contribution in [2.75, 3.05) is 0 Å². The zero-order valence-corrected chi connectivity index (χ0v) is 17.1. The van der Waals surface area contributed by atoms with Crippen LogP contribution < -0.4 is 4.72 Å². The monoisotopic (exact) mass is 431 g/mol. The van der Waals surface area contributed by atoms with Gasteiger partial charge >= 0.3 is 0 Å². The predicted molar refractivity (Wildman–Crippen MR) is 107 cm³/mol. The average molecular weight is 431 g/mol. The third-order valence-electron chi connectivity index (χ3n) is 5.33. The Morgan fingerprint density at radius 3 is 2.67 bits per heavy atom. The molecule has 2 N–H and O–H groups in total. The van der Waals surface area contributed by atoms with Crippen molar-refractivity contribution in [2.24, 2.45) is 7.05 Å². The predicted octanol–water partition coefficient (Wildman–Crippen LogP) is 1.99. The van der Waals surface area contributed by atoms with Gasteiger partial charge in [-0.2, -0.15) is 5.10 Å². The number of aliphatic hydroxyl groups excluding tert-OH is 1. The molecule has 30 heavy (non-hydrogen) atoms. The van der Waals surface area contributed by atoms with Gasteiger partial charge in [0.2, 0.25) is 10.0 Å². The number of aliphatic hydroxyl groups is 1. The van der Waals surface area contributed by atoms with Gasteiger partial charge in [0.15, 0.2) is 5.82 Å². The first kappa shape index (κ1) is 20.6. The lowest BCUT2D eigenvalue weighted by atomic mass is 9.83. The summed E-state index contributed by atoms with van der Waals surface area (Å²) in [5.41, 5.74) is 0.795. The first-order valence-electron chi connectivity index (χ1n) is 9.61. The maximum Gasteiger partial charge on any atom is 0.240 e. The highest BCUT2D eigenvalue weighted by Gasteiger charge is 2.35. The molecule has 0 saturated heterocycles. The smallest absolute Gasteiger partial charge is 0.240 e. The molecule has 2 aromatic heterocycles. The van der Waals surface area contributed by atoms with E-state index >= 15 is 0 Å². The fourth-order valence-corrected chi connectivity index (χ4v) is 5.05. The Bertz CT molecular complexity index is 1120. The molecular weight excluding hydrogens is 409 g/mol. The first-order valence-corrected chi connectivity index (χ1v) is 11.1. The van der Waals surface area contributed by atoms with Crippen molar-refractivity contribution in [3.05, 3.63) is 60.4 Å². The molecule has 3 atom stereocenters. The fourth-order valence-electron chi connectivity index (χ4n) is 3.77. The molecule has 4 rings (SSSR count). The number of nitrogens with one attached hydrogen (secondary N) is 1. The molecule has 0 spiro atoms. The molecule has 3 aromatic rings. The molecule has 0 aliphatic heterocycles. The molecule has 0 radical (unpaired) electrons. The molecule has 0 unspecified atom stereocenters. The highest BCUT2D eigenvalue weighted by molar-refractivity contribution is 7.89. The summed E-state index contributed by atoms with van der Waals surface area (Å²) < 4.78 is 42.7. The Morgan fingerprint density at radius 1 is 1.20 bits per heavy atom. The van der Waals surface area contributed by atoms with Crippen molar-refractivity contribution in [2.45, 2.75) is 42.2 Å². The van der Waals surface area contributed by atoms with Crippen molar-refractivity contribution < 1.29 is 17.9 Å². The molecule has 1 aliphatic rings. The van der Waals surface area contributed by atoms with Gasteiger partial charge in [-0.15, -0.1) is 0 Å². The van der Waals surface area contributed by atoms with Gasteiger partial charge in [-0.3, -0.25) is 9.67 Å². The number of aryl methyl sites for hydroxylation is 1. The Labute approximate surface area is 173 Å². The van der Waals surface area contributed by atoms with Gasteiger partial charge in [-0.1, -0.05) is 0 Å². The molecule has 2 heterocycles. The van der Waals surface area contributed by atoms with E-state index in [-0.39, 0.29) is 10.8 Å². The quantitative estimate of drug-likeness (QED) is 0.639. The average Bonchev–Trinajstić information content (AvgIpc) is 3.12. The van der Waals surface area contributed by atoms with Crippen LogP contribution in [0.5, 0.6) is 0 Å². The summed E-state index contributed by atoms with van der Waals surface area (Å²) in [6, 6.07) is 7.58. The SMILES string of the molecule is Cn1nc(-c2cccnc2)nc1[C@H]1CC[C@@H](O)[C@H](NS(=O)(=O)c2ccc(F)cc2)C1. The van der Waals surface area contributed by atoms with Crippen LogP contribution in [0.15, 0.2) is 53.7 Å². The topological polar surface area (TPSA) is 110 Å². The number of aromatic nitrogens is 4. The van der Waals surface area contributed by atoms with Crippen molar-refractivity contribution in [1.29, 1.82) is 0 Å².